The van der Waals surface area contributed by atoms with Crippen LogP contribution in [0.2, 0.25) is 0 Å². The fourth-order valence-electron chi connectivity index (χ4n) is 2.12. The largest absolute Gasteiger partial charge is 0.358 e. The molecule has 4 nitrogen and oxygen atoms in total. The molecule has 1 aromatic rings. The second-order valence-electron chi connectivity index (χ2n) is 4.55. The number of hydrogen-bond acceptors (Lipinski definition) is 4. The molecule has 0 aromatic carbocycles. The number of rotatable bonds is 4. The molecule has 0 aliphatic carbocycles. The molecule has 1 aromatic heterocycles. The highest BCUT2D eigenvalue weighted by molar-refractivity contribution is 5.85. The molecule has 1 aliphatic rings. The van der Waals surface area contributed by atoms with Crippen LogP contribution in [0.15, 0.2) is 12.1 Å². The van der Waals surface area contributed by atoms with Crippen molar-refractivity contribution in [2.24, 2.45) is 0 Å². The van der Waals surface area contributed by atoms with Gasteiger partial charge >= 0.3 is 0 Å². The summed E-state index contributed by atoms with van der Waals surface area (Å²) in [4.78, 5) is 6.99. The monoisotopic (exact) mass is 306 g/mol. The van der Waals surface area contributed by atoms with Crippen molar-refractivity contribution in [2.75, 3.05) is 45.2 Å². The van der Waals surface area contributed by atoms with E-state index in [0.717, 1.165) is 44.8 Å². The van der Waals surface area contributed by atoms with Crippen LogP contribution in [0.3, 0.4) is 0 Å². The van der Waals surface area contributed by atoms with Crippen molar-refractivity contribution in [1.82, 2.24) is 15.6 Å². The van der Waals surface area contributed by atoms with E-state index in [1.807, 2.05) is 7.05 Å². The Balaban J connectivity index is 0.00000162. The highest BCUT2D eigenvalue weighted by Gasteiger charge is 2.10. The second kappa shape index (κ2) is 9.37. The van der Waals surface area contributed by atoms with E-state index < -0.39 is 0 Å². The minimum Gasteiger partial charge on any atom is -0.358 e. The number of aromatic nitrogens is 1. The molecule has 2 heterocycles. The fourth-order valence-corrected chi connectivity index (χ4v) is 2.12. The maximum absolute atomic E-state index is 4.78. The van der Waals surface area contributed by atoms with E-state index in [1.165, 1.54) is 11.3 Å². The predicted molar refractivity (Wildman–Crippen MR) is 86.2 cm³/mol. The van der Waals surface area contributed by atoms with Gasteiger partial charge in [-0.15, -0.1) is 24.8 Å². The third kappa shape index (κ3) is 5.15. The summed E-state index contributed by atoms with van der Waals surface area (Å²) < 4.78 is 0. The molecule has 0 saturated heterocycles. The summed E-state index contributed by atoms with van der Waals surface area (Å²) in [6, 6.07) is 4.38. The standard InChI is InChI=1S/C13H22N4.2ClH/c1-14-9-10-17(2)13-4-3-11-5-7-15-8-6-12(11)16-13;;/h3-4,14-15H,5-10H2,1-2H3;2*1H. The number of pyridine rings is 1. The molecule has 0 atom stereocenters. The van der Waals surface area contributed by atoms with E-state index in [2.05, 4.69) is 34.7 Å². The Morgan fingerprint density at radius 3 is 2.74 bits per heavy atom. The zero-order valence-electron chi connectivity index (χ0n) is 11.6. The maximum Gasteiger partial charge on any atom is 0.128 e. The van der Waals surface area contributed by atoms with Gasteiger partial charge in [-0.3, -0.25) is 0 Å². The van der Waals surface area contributed by atoms with Crippen molar-refractivity contribution < 1.29 is 0 Å². The van der Waals surface area contributed by atoms with Crippen LogP contribution in [0.5, 0.6) is 0 Å². The maximum atomic E-state index is 4.78. The molecule has 2 N–H and O–H groups in total. The average Bonchev–Trinajstić information content (AvgIpc) is 2.60. The molecular formula is C13H24Cl2N4. The Bertz CT molecular complexity index is 374. The van der Waals surface area contributed by atoms with Gasteiger partial charge in [0.1, 0.15) is 5.82 Å². The molecule has 1 aliphatic heterocycles. The third-order valence-corrected chi connectivity index (χ3v) is 3.25. The first-order chi connectivity index (χ1) is 8.31. The molecule has 2 rings (SSSR count). The third-order valence-electron chi connectivity index (χ3n) is 3.25. The van der Waals surface area contributed by atoms with E-state index in [1.54, 1.807) is 0 Å². The first-order valence-electron chi connectivity index (χ1n) is 6.36. The summed E-state index contributed by atoms with van der Waals surface area (Å²) in [5.41, 5.74) is 2.67. The zero-order chi connectivity index (χ0) is 12.1. The van der Waals surface area contributed by atoms with Gasteiger partial charge in [0, 0.05) is 38.8 Å². The molecule has 6 heteroatoms. The number of nitrogens with zero attached hydrogens (tertiary/aromatic N) is 2. The molecule has 0 bridgehead atoms. The normalized spacial score (nSPS) is 13.6. The molecule has 0 saturated carbocycles. The zero-order valence-corrected chi connectivity index (χ0v) is 13.2. The Hall–Kier alpha value is -0.550. The van der Waals surface area contributed by atoms with E-state index in [4.69, 9.17) is 4.98 Å². The van der Waals surface area contributed by atoms with Gasteiger partial charge in [0.05, 0.1) is 0 Å². The van der Waals surface area contributed by atoms with Crippen LogP contribution in [-0.2, 0) is 12.8 Å². The second-order valence-corrected chi connectivity index (χ2v) is 4.55. The van der Waals surface area contributed by atoms with Crippen LogP contribution >= 0.6 is 24.8 Å². The number of nitrogens with one attached hydrogen (secondary N) is 2. The molecular weight excluding hydrogens is 283 g/mol. The molecule has 0 radical (unpaired) electrons. The van der Waals surface area contributed by atoms with E-state index in [0.29, 0.717) is 0 Å². The quantitative estimate of drug-likeness (QED) is 0.879. The van der Waals surface area contributed by atoms with Gasteiger partial charge in [0.2, 0.25) is 0 Å². The van der Waals surface area contributed by atoms with E-state index in [-0.39, 0.29) is 24.8 Å². The minimum absolute atomic E-state index is 0. The fraction of sp³-hybridized carbons (Fsp3) is 0.615. The van der Waals surface area contributed by atoms with Crippen LogP contribution in [0.25, 0.3) is 0 Å². The SMILES string of the molecule is CNCCN(C)c1ccc2c(n1)CCNCC2.Cl.Cl. The Morgan fingerprint density at radius 2 is 2.00 bits per heavy atom. The lowest BCUT2D eigenvalue weighted by molar-refractivity contribution is 0.707. The minimum atomic E-state index is 0. The number of halogens is 2. The molecule has 0 unspecified atom stereocenters. The molecule has 0 fully saturated rings. The van der Waals surface area contributed by atoms with Crippen molar-refractivity contribution in [2.45, 2.75) is 12.8 Å². The topological polar surface area (TPSA) is 40.2 Å². The number of fused-ring (bicyclic) bond motifs is 1. The van der Waals surface area contributed by atoms with Crippen molar-refractivity contribution in [3.05, 3.63) is 23.4 Å². The highest BCUT2D eigenvalue weighted by Crippen LogP contribution is 2.16. The van der Waals surface area contributed by atoms with Crippen molar-refractivity contribution in [1.29, 1.82) is 0 Å². The summed E-state index contributed by atoms with van der Waals surface area (Å²) in [6.07, 6.45) is 2.14. The van der Waals surface area contributed by atoms with Crippen molar-refractivity contribution >= 4 is 30.6 Å². The number of hydrogen-bond donors (Lipinski definition) is 2. The van der Waals surface area contributed by atoms with Crippen LogP contribution < -0.4 is 15.5 Å². The first kappa shape index (κ1) is 18.4. The summed E-state index contributed by atoms with van der Waals surface area (Å²) >= 11 is 0. The predicted octanol–water partition coefficient (Wildman–Crippen LogP) is 1.27. The molecule has 0 amide bonds. The summed E-state index contributed by atoms with van der Waals surface area (Å²) in [7, 11) is 4.07. The van der Waals surface area contributed by atoms with Crippen LogP contribution in [0.4, 0.5) is 5.82 Å². The van der Waals surface area contributed by atoms with Gasteiger partial charge in [0.25, 0.3) is 0 Å². The lowest BCUT2D eigenvalue weighted by atomic mass is 10.1. The molecule has 19 heavy (non-hydrogen) atoms. The van der Waals surface area contributed by atoms with Gasteiger partial charge in [-0.2, -0.15) is 0 Å². The lowest BCUT2D eigenvalue weighted by Gasteiger charge is -2.19. The van der Waals surface area contributed by atoms with Crippen molar-refractivity contribution in [3.8, 4) is 0 Å². The van der Waals surface area contributed by atoms with Crippen LogP contribution in [0, 0.1) is 0 Å². The smallest absolute Gasteiger partial charge is 0.128 e. The van der Waals surface area contributed by atoms with E-state index >= 15 is 0 Å². The lowest BCUT2D eigenvalue weighted by Crippen LogP contribution is -2.28. The Kier molecular flexibility index (Phi) is 9.10. The summed E-state index contributed by atoms with van der Waals surface area (Å²) in [5, 5.41) is 6.57. The molecule has 110 valence electrons. The summed E-state index contributed by atoms with van der Waals surface area (Å²) in [6.45, 7) is 4.09. The van der Waals surface area contributed by atoms with Gasteiger partial charge in [-0.05, 0) is 31.6 Å². The van der Waals surface area contributed by atoms with Gasteiger partial charge in [-0.25, -0.2) is 4.98 Å². The van der Waals surface area contributed by atoms with Crippen LogP contribution in [0.1, 0.15) is 11.3 Å². The molecule has 0 spiro atoms. The van der Waals surface area contributed by atoms with Crippen LogP contribution in [-0.4, -0.2) is 45.3 Å². The van der Waals surface area contributed by atoms with E-state index in [9.17, 15) is 0 Å². The number of anilines is 1. The van der Waals surface area contributed by atoms with Gasteiger partial charge in [0.15, 0.2) is 0 Å². The first-order valence-corrected chi connectivity index (χ1v) is 6.36. The van der Waals surface area contributed by atoms with Gasteiger partial charge in [-0.1, -0.05) is 6.07 Å². The van der Waals surface area contributed by atoms with Gasteiger partial charge < -0.3 is 15.5 Å². The number of likely N-dealkylation sites (N-methyl/N-ethyl adjacent to an activating group) is 2. The highest BCUT2D eigenvalue weighted by atomic mass is 35.5. The summed E-state index contributed by atoms with van der Waals surface area (Å²) in [5.74, 6) is 1.08. The average molecular weight is 307 g/mol. The Labute approximate surface area is 128 Å². The van der Waals surface area contributed by atoms with Crippen molar-refractivity contribution in [3.63, 3.8) is 0 Å². The Morgan fingerprint density at radius 1 is 1.26 bits per heavy atom.